The third kappa shape index (κ3) is 3.34. The number of carbonyl (C=O) groups is 1. The first-order valence-corrected chi connectivity index (χ1v) is 7.14. The summed E-state index contributed by atoms with van der Waals surface area (Å²) in [5, 5.41) is 5.76. The fraction of sp³-hybridized carbons (Fsp3) is 0.235. The van der Waals surface area contributed by atoms with Gasteiger partial charge in [0.25, 0.3) is 0 Å². The molecule has 1 heterocycles. The average molecular weight is 282 g/mol. The van der Waals surface area contributed by atoms with Crippen LogP contribution in [0.3, 0.4) is 0 Å². The maximum absolute atomic E-state index is 11.9. The molecule has 21 heavy (non-hydrogen) atoms. The molecule has 0 saturated carbocycles. The number of fused-ring (bicyclic) bond motifs is 1. The van der Waals surface area contributed by atoms with Crippen molar-refractivity contribution in [2.75, 3.05) is 18.5 Å². The highest BCUT2D eigenvalue weighted by atomic mass is 16.5. The van der Waals surface area contributed by atoms with Crippen LogP contribution in [0.15, 0.2) is 54.6 Å². The number of benzene rings is 2. The molecule has 3 rings (SSSR count). The van der Waals surface area contributed by atoms with E-state index in [-0.39, 0.29) is 6.03 Å². The SMILES string of the molecule is O=C(NCC1CCOc2ccccc21)Nc1ccccc1. The second-order valence-corrected chi connectivity index (χ2v) is 5.07. The molecule has 0 bridgehead atoms. The first kappa shape index (κ1) is 13.5. The number of rotatable bonds is 3. The van der Waals surface area contributed by atoms with Crippen LogP contribution in [0.5, 0.6) is 5.75 Å². The van der Waals surface area contributed by atoms with Crippen molar-refractivity contribution in [3.05, 3.63) is 60.2 Å². The molecular formula is C17H18N2O2. The van der Waals surface area contributed by atoms with Crippen LogP contribution in [0, 0.1) is 0 Å². The molecule has 4 nitrogen and oxygen atoms in total. The molecule has 0 aliphatic carbocycles. The number of hydrogen-bond donors (Lipinski definition) is 2. The van der Waals surface area contributed by atoms with Gasteiger partial charge in [0, 0.05) is 18.2 Å². The zero-order valence-corrected chi connectivity index (χ0v) is 11.7. The summed E-state index contributed by atoms with van der Waals surface area (Å²) in [7, 11) is 0. The summed E-state index contributed by atoms with van der Waals surface area (Å²) in [6, 6.07) is 17.3. The Hall–Kier alpha value is -2.49. The zero-order chi connectivity index (χ0) is 14.5. The van der Waals surface area contributed by atoms with Crippen molar-refractivity contribution in [1.29, 1.82) is 0 Å². The fourth-order valence-corrected chi connectivity index (χ4v) is 2.54. The Morgan fingerprint density at radius 3 is 2.71 bits per heavy atom. The van der Waals surface area contributed by atoms with Crippen molar-refractivity contribution < 1.29 is 9.53 Å². The molecule has 2 aromatic rings. The number of carbonyl (C=O) groups excluding carboxylic acids is 1. The highest BCUT2D eigenvalue weighted by Crippen LogP contribution is 2.32. The molecule has 1 aliphatic rings. The lowest BCUT2D eigenvalue weighted by molar-refractivity contribution is 0.245. The predicted molar refractivity (Wildman–Crippen MR) is 82.8 cm³/mol. The summed E-state index contributed by atoms with van der Waals surface area (Å²) in [5.41, 5.74) is 1.96. The number of urea groups is 1. The Balaban J connectivity index is 1.57. The summed E-state index contributed by atoms with van der Waals surface area (Å²) in [6.07, 6.45) is 0.919. The fourth-order valence-electron chi connectivity index (χ4n) is 2.54. The summed E-state index contributed by atoms with van der Waals surface area (Å²) < 4.78 is 5.63. The van der Waals surface area contributed by atoms with E-state index in [1.165, 1.54) is 5.56 Å². The summed E-state index contributed by atoms with van der Waals surface area (Å²) in [6.45, 7) is 1.31. The third-order valence-corrected chi connectivity index (χ3v) is 3.62. The van der Waals surface area contributed by atoms with Crippen LogP contribution in [0.4, 0.5) is 10.5 Å². The van der Waals surface area contributed by atoms with Crippen LogP contribution in [0.1, 0.15) is 17.9 Å². The molecule has 2 N–H and O–H groups in total. The van der Waals surface area contributed by atoms with E-state index < -0.39 is 0 Å². The third-order valence-electron chi connectivity index (χ3n) is 3.62. The van der Waals surface area contributed by atoms with E-state index in [0.29, 0.717) is 19.1 Å². The van der Waals surface area contributed by atoms with Gasteiger partial charge >= 0.3 is 6.03 Å². The van der Waals surface area contributed by atoms with Gasteiger partial charge in [0.05, 0.1) is 6.61 Å². The van der Waals surface area contributed by atoms with E-state index in [0.717, 1.165) is 17.9 Å². The lowest BCUT2D eigenvalue weighted by Gasteiger charge is -2.26. The Labute approximate surface area is 124 Å². The van der Waals surface area contributed by atoms with Gasteiger partial charge in [0.2, 0.25) is 0 Å². The Morgan fingerprint density at radius 1 is 1.10 bits per heavy atom. The smallest absolute Gasteiger partial charge is 0.319 e. The van der Waals surface area contributed by atoms with Crippen LogP contribution in [-0.2, 0) is 0 Å². The van der Waals surface area contributed by atoms with Crippen molar-refractivity contribution in [3.8, 4) is 5.75 Å². The largest absolute Gasteiger partial charge is 0.493 e. The van der Waals surface area contributed by atoms with Crippen molar-refractivity contribution in [1.82, 2.24) is 5.32 Å². The maximum Gasteiger partial charge on any atom is 0.319 e. The summed E-state index contributed by atoms with van der Waals surface area (Å²) in [4.78, 5) is 11.9. The minimum absolute atomic E-state index is 0.176. The van der Waals surface area contributed by atoms with Crippen molar-refractivity contribution in [2.24, 2.45) is 0 Å². The normalized spacial score (nSPS) is 16.5. The number of para-hydroxylation sites is 2. The van der Waals surface area contributed by atoms with Crippen molar-refractivity contribution in [3.63, 3.8) is 0 Å². The van der Waals surface area contributed by atoms with Gasteiger partial charge in [-0.05, 0) is 30.2 Å². The molecule has 0 saturated heterocycles. The highest BCUT2D eigenvalue weighted by Gasteiger charge is 2.21. The summed E-state index contributed by atoms with van der Waals surface area (Å²) in [5.74, 6) is 1.23. The molecule has 0 aromatic heterocycles. The molecule has 108 valence electrons. The van der Waals surface area contributed by atoms with E-state index in [1.807, 2.05) is 48.5 Å². The number of ether oxygens (including phenoxy) is 1. The van der Waals surface area contributed by atoms with Gasteiger partial charge in [-0.25, -0.2) is 4.79 Å². The molecule has 1 aliphatic heterocycles. The van der Waals surface area contributed by atoms with Crippen LogP contribution in [-0.4, -0.2) is 19.2 Å². The molecule has 1 unspecified atom stereocenters. The second-order valence-electron chi connectivity index (χ2n) is 5.07. The van der Waals surface area contributed by atoms with Crippen molar-refractivity contribution in [2.45, 2.75) is 12.3 Å². The highest BCUT2D eigenvalue weighted by molar-refractivity contribution is 5.89. The topological polar surface area (TPSA) is 50.4 Å². The molecule has 1 atom stereocenters. The molecule has 2 amide bonds. The van der Waals surface area contributed by atoms with Gasteiger partial charge in [-0.2, -0.15) is 0 Å². The molecular weight excluding hydrogens is 264 g/mol. The van der Waals surface area contributed by atoms with Crippen LogP contribution >= 0.6 is 0 Å². The Bertz CT molecular complexity index is 613. The summed E-state index contributed by atoms with van der Waals surface area (Å²) >= 11 is 0. The van der Waals surface area contributed by atoms with Crippen LogP contribution < -0.4 is 15.4 Å². The maximum atomic E-state index is 11.9. The number of nitrogens with one attached hydrogen (secondary N) is 2. The average Bonchev–Trinajstić information content (AvgIpc) is 2.54. The number of amides is 2. The van der Waals surface area contributed by atoms with E-state index in [9.17, 15) is 4.79 Å². The van der Waals surface area contributed by atoms with Gasteiger partial charge in [0.15, 0.2) is 0 Å². The Morgan fingerprint density at radius 2 is 1.86 bits per heavy atom. The van der Waals surface area contributed by atoms with Gasteiger partial charge in [-0.3, -0.25) is 0 Å². The first-order valence-electron chi connectivity index (χ1n) is 7.14. The van der Waals surface area contributed by atoms with E-state index in [2.05, 4.69) is 16.7 Å². The van der Waals surface area contributed by atoms with Gasteiger partial charge in [0.1, 0.15) is 5.75 Å². The van der Waals surface area contributed by atoms with E-state index in [4.69, 9.17) is 4.74 Å². The molecule has 0 fully saturated rings. The Kier molecular flexibility index (Phi) is 4.05. The van der Waals surface area contributed by atoms with Gasteiger partial charge in [-0.1, -0.05) is 36.4 Å². The molecule has 2 aromatic carbocycles. The second kappa shape index (κ2) is 6.31. The predicted octanol–water partition coefficient (Wildman–Crippen LogP) is 3.37. The van der Waals surface area contributed by atoms with Crippen LogP contribution in [0.2, 0.25) is 0 Å². The first-order chi connectivity index (χ1) is 10.3. The lowest BCUT2D eigenvalue weighted by atomic mass is 9.93. The molecule has 4 heteroatoms. The number of hydrogen-bond acceptors (Lipinski definition) is 2. The zero-order valence-electron chi connectivity index (χ0n) is 11.7. The minimum atomic E-state index is -0.176. The van der Waals surface area contributed by atoms with Gasteiger partial charge < -0.3 is 15.4 Å². The lowest BCUT2D eigenvalue weighted by Crippen LogP contribution is -2.33. The van der Waals surface area contributed by atoms with E-state index >= 15 is 0 Å². The van der Waals surface area contributed by atoms with Crippen molar-refractivity contribution >= 4 is 11.7 Å². The quantitative estimate of drug-likeness (QED) is 0.906. The van der Waals surface area contributed by atoms with Crippen LogP contribution in [0.25, 0.3) is 0 Å². The molecule has 0 spiro atoms. The molecule has 0 radical (unpaired) electrons. The minimum Gasteiger partial charge on any atom is -0.493 e. The standard InChI is InChI=1S/C17H18N2O2/c20-17(19-14-6-2-1-3-7-14)18-12-13-10-11-21-16-9-5-4-8-15(13)16/h1-9,13H,10-12H2,(H2,18,19,20). The van der Waals surface area contributed by atoms with E-state index in [1.54, 1.807) is 0 Å². The monoisotopic (exact) mass is 282 g/mol. The number of anilines is 1. The van der Waals surface area contributed by atoms with Gasteiger partial charge in [-0.15, -0.1) is 0 Å².